The Morgan fingerprint density at radius 3 is 2.46 bits per heavy atom. The van der Waals surface area contributed by atoms with E-state index < -0.39 is 34.7 Å². The summed E-state index contributed by atoms with van der Waals surface area (Å²) >= 11 is 0. The van der Waals surface area contributed by atoms with Gasteiger partial charge in [-0.25, -0.2) is 0 Å². The van der Waals surface area contributed by atoms with Gasteiger partial charge in [-0.15, -0.1) is 0 Å². The molecule has 5 heterocycles. The second-order valence-electron chi connectivity index (χ2n) is 11.5. The van der Waals surface area contributed by atoms with Gasteiger partial charge in [0.1, 0.15) is 11.6 Å². The molecule has 0 radical (unpaired) electrons. The minimum absolute atomic E-state index is 0.112. The summed E-state index contributed by atoms with van der Waals surface area (Å²) in [4.78, 5) is 45.5. The third-order valence-corrected chi connectivity index (χ3v) is 9.13. The molecule has 1 spiro atoms. The van der Waals surface area contributed by atoms with Gasteiger partial charge in [0, 0.05) is 44.7 Å². The van der Waals surface area contributed by atoms with Crippen molar-refractivity contribution in [3.05, 3.63) is 64.5 Å². The fourth-order valence-electron chi connectivity index (χ4n) is 6.81. The first-order chi connectivity index (χ1) is 19.5. The summed E-state index contributed by atoms with van der Waals surface area (Å²) < 4.78 is 44.7. The lowest BCUT2D eigenvalue weighted by molar-refractivity contribution is -0.182. The van der Waals surface area contributed by atoms with Crippen LogP contribution in [0.5, 0.6) is 0 Å². The number of aromatic nitrogens is 1. The van der Waals surface area contributed by atoms with Crippen LogP contribution in [0.3, 0.4) is 0 Å². The monoisotopic (exact) mass is 572 g/mol. The Balaban J connectivity index is 1.24. The molecule has 6 rings (SSSR count). The van der Waals surface area contributed by atoms with E-state index in [2.05, 4.69) is 10.2 Å². The molecular weight excluding hydrogens is 541 g/mol. The number of pyridine rings is 1. The number of ether oxygens (including phenoxy) is 1. The Kier molecular flexibility index (Phi) is 6.90. The highest BCUT2D eigenvalue weighted by molar-refractivity contribution is 6.05. The standard InChI is InChI=1S/C29H31F3N4O5/c30-29(31,32)19-3-1-18(2-4-19)15-35-12-9-28(40,27(17-35)10-13-41-14-11-27)23-7-5-20-21(33-23)16-36(26(20)39)22-6-8-24(37)34-25(22)38/h1-5,7,22,40H,6,8-17H2,(H,34,37,38)/t22-,28-/m1/s1. The maximum Gasteiger partial charge on any atom is 0.416 e. The molecule has 12 heteroatoms. The van der Waals surface area contributed by atoms with E-state index in [9.17, 15) is 32.7 Å². The number of aliphatic hydroxyl groups is 1. The first-order valence-corrected chi connectivity index (χ1v) is 13.8. The minimum Gasteiger partial charge on any atom is -0.383 e. The number of carbonyl (C=O) groups is 3. The Bertz CT molecular complexity index is 1380. The lowest BCUT2D eigenvalue weighted by Gasteiger charge is -2.55. The third-order valence-electron chi connectivity index (χ3n) is 9.13. The number of benzene rings is 1. The number of alkyl halides is 3. The zero-order valence-corrected chi connectivity index (χ0v) is 22.4. The molecule has 0 unspecified atom stereocenters. The summed E-state index contributed by atoms with van der Waals surface area (Å²) in [6, 6.07) is 7.76. The molecule has 2 N–H and O–H groups in total. The van der Waals surface area contributed by atoms with Crippen molar-refractivity contribution >= 4 is 17.7 Å². The second kappa shape index (κ2) is 10.2. The molecule has 218 valence electrons. The van der Waals surface area contributed by atoms with Gasteiger partial charge in [-0.3, -0.25) is 29.6 Å². The number of carbonyl (C=O) groups excluding carboxylic acids is 3. The number of nitrogens with zero attached hydrogens (tertiary/aromatic N) is 3. The number of hydrogen-bond acceptors (Lipinski definition) is 7. The molecule has 3 amide bonds. The van der Waals surface area contributed by atoms with Gasteiger partial charge in [-0.2, -0.15) is 13.2 Å². The van der Waals surface area contributed by atoms with Gasteiger partial charge in [-0.1, -0.05) is 12.1 Å². The van der Waals surface area contributed by atoms with E-state index in [1.54, 1.807) is 12.1 Å². The van der Waals surface area contributed by atoms with E-state index in [0.29, 0.717) is 69.1 Å². The van der Waals surface area contributed by atoms with Gasteiger partial charge >= 0.3 is 6.18 Å². The topological polar surface area (TPSA) is 112 Å². The van der Waals surface area contributed by atoms with Crippen molar-refractivity contribution in [1.29, 1.82) is 0 Å². The normalized spacial score (nSPS) is 26.8. The Labute approximate surface area is 234 Å². The van der Waals surface area contributed by atoms with Gasteiger partial charge in [0.05, 0.1) is 29.1 Å². The van der Waals surface area contributed by atoms with E-state index in [4.69, 9.17) is 9.72 Å². The molecule has 3 saturated heterocycles. The molecule has 4 aliphatic heterocycles. The lowest BCUT2D eigenvalue weighted by atomic mass is 9.61. The summed E-state index contributed by atoms with van der Waals surface area (Å²) in [5.74, 6) is -1.18. The van der Waals surface area contributed by atoms with E-state index in [-0.39, 0.29) is 31.2 Å². The fourth-order valence-corrected chi connectivity index (χ4v) is 6.81. The van der Waals surface area contributed by atoms with Crippen LogP contribution in [0.4, 0.5) is 13.2 Å². The smallest absolute Gasteiger partial charge is 0.383 e. The number of rotatable bonds is 4. The summed E-state index contributed by atoms with van der Waals surface area (Å²) in [5.41, 5.74) is -0.523. The maximum atomic E-state index is 13.2. The van der Waals surface area contributed by atoms with Crippen molar-refractivity contribution < 1.29 is 37.4 Å². The number of piperidine rings is 2. The summed E-state index contributed by atoms with van der Waals surface area (Å²) in [5, 5.41) is 14.6. The molecule has 9 nitrogen and oxygen atoms in total. The zero-order valence-electron chi connectivity index (χ0n) is 22.4. The molecule has 0 bridgehead atoms. The molecule has 4 aliphatic rings. The number of fused-ring (bicyclic) bond motifs is 1. The molecule has 0 saturated carbocycles. The Hall–Kier alpha value is -3.35. The van der Waals surface area contributed by atoms with E-state index >= 15 is 0 Å². The largest absolute Gasteiger partial charge is 0.416 e. The summed E-state index contributed by atoms with van der Waals surface area (Å²) in [6.45, 7) is 2.49. The molecule has 2 aromatic rings. The number of halogens is 3. The first-order valence-electron chi connectivity index (χ1n) is 13.8. The Morgan fingerprint density at radius 2 is 1.78 bits per heavy atom. The van der Waals surface area contributed by atoms with Crippen molar-refractivity contribution in [3.8, 4) is 0 Å². The Morgan fingerprint density at radius 1 is 1.05 bits per heavy atom. The van der Waals surface area contributed by atoms with Crippen molar-refractivity contribution in [3.63, 3.8) is 0 Å². The van der Waals surface area contributed by atoms with Crippen LogP contribution < -0.4 is 5.32 Å². The minimum atomic E-state index is -4.39. The lowest BCUT2D eigenvalue weighted by Crippen LogP contribution is -2.60. The summed E-state index contributed by atoms with van der Waals surface area (Å²) in [6.07, 6.45) is -2.48. The molecule has 1 aromatic heterocycles. The zero-order chi connectivity index (χ0) is 29.0. The van der Waals surface area contributed by atoms with Gasteiger partial charge in [-0.05, 0) is 55.5 Å². The van der Waals surface area contributed by atoms with Gasteiger partial charge < -0.3 is 14.7 Å². The van der Waals surface area contributed by atoms with Crippen LogP contribution in [0.2, 0.25) is 0 Å². The number of amides is 3. The molecule has 41 heavy (non-hydrogen) atoms. The van der Waals surface area contributed by atoms with Crippen LogP contribution in [0.1, 0.15) is 65.0 Å². The molecule has 3 fully saturated rings. The summed E-state index contributed by atoms with van der Waals surface area (Å²) in [7, 11) is 0. The highest BCUT2D eigenvalue weighted by Gasteiger charge is 2.56. The van der Waals surface area contributed by atoms with E-state index in [0.717, 1.165) is 17.7 Å². The quantitative estimate of drug-likeness (QED) is 0.542. The predicted molar refractivity (Wildman–Crippen MR) is 138 cm³/mol. The molecule has 0 aliphatic carbocycles. The predicted octanol–water partition coefficient (Wildman–Crippen LogP) is 2.75. The molecular formula is C29H31F3N4O5. The van der Waals surface area contributed by atoms with Gasteiger partial charge in [0.25, 0.3) is 5.91 Å². The highest BCUT2D eigenvalue weighted by atomic mass is 19.4. The van der Waals surface area contributed by atoms with E-state index in [1.807, 2.05) is 0 Å². The fraction of sp³-hybridized carbons (Fsp3) is 0.517. The number of likely N-dealkylation sites (tertiary alicyclic amines) is 1. The highest BCUT2D eigenvalue weighted by Crippen LogP contribution is 2.52. The van der Waals surface area contributed by atoms with Crippen LogP contribution in [0.15, 0.2) is 36.4 Å². The van der Waals surface area contributed by atoms with Crippen molar-refractivity contribution in [2.45, 2.75) is 63.0 Å². The van der Waals surface area contributed by atoms with Crippen LogP contribution in [-0.2, 0) is 39.2 Å². The maximum absolute atomic E-state index is 13.2. The van der Waals surface area contributed by atoms with Crippen LogP contribution in [-0.4, -0.2) is 70.0 Å². The number of hydrogen-bond donors (Lipinski definition) is 2. The van der Waals surface area contributed by atoms with Gasteiger partial charge in [0.15, 0.2) is 0 Å². The van der Waals surface area contributed by atoms with Crippen molar-refractivity contribution in [2.24, 2.45) is 5.41 Å². The molecule has 1 aromatic carbocycles. The third kappa shape index (κ3) is 4.91. The average molecular weight is 573 g/mol. The molecule has 2 atom stereocenters. The van der Waals surface area contributed by atoms with Crippen LogP contribution >= 0.6 is 0 Å². The van der Waals surface area contributed by atoms with Crippen LogP contribution in [0.25, 0.3) is 0 Å². The number of imide groups is 1. The van der Waals surface area contributed by atoms with E-state index in [1.165, 1.54) is 17.0 Å². The first kappa shape index (κ1) is 27.8. The van der Waals surface area contributed by atoms with Crippen molar-refractivity contribution in [1.82, 2.24) is 20.1 Å². The average Bonchev–Trinajstić information content (AvgIpc) is 3.26. The van der Waals surface area contributed by atoms with Crippen LogP contribution in [0, 0.1) is 5.41 Å². The second-order valence-corrected chi connectivity index (χ2v) is 11.5. The number of nitrogens with one attached hydrogen (secondary N) is 1. The SMILES string of the molecule is O=C1CC[C@@H](N2Cc3nc([C@]4(O)CCN(Cc5ccc(C(F)(F)F)cc5)CC45CCOCC5)ccc3C2=O)C(=O)N1. The van der Waals surface area contributed by atoms with Crippen molar-refractivity contribution in [2.75, 3.05) is 26.3 Å². The van der Waals surface area contributed by atoms with Gasteiger partial charge in [0.2, 0.25) is 11.8 Å².